The van der Waals surface area contributed by atoms with Crippen molar-refractivity contribution in [2.24, 2.45) is 5.73 Å². The van der Waals surface area contributed by atoms with E-state index in [2.05, 4.69) is 6.58 Å². The van der Waals surface area contributed by atoms with Gasteiger partial charge in [-0.1, -0.05) is 30.9 Å². The third-order valence-corrected chi connectivity index (χ3v) is 4.87. The van der Waals surface area contributed by atoms with Crippen LogP contribution in [0.1, 0.15) is 12.5 Å². The van der Waals surface area contributed by atoms with Crippen molar-refractivity contribution in [3.05, 3.63) is 65.2 Å². The number of fused-ring (bicyclic) bond motifs is 2. The normalized spacial score (nSPS) is 20.8. The summed E-state index contributed by atoms with van der Waals surface area (Å²) in [4.78, 5) is 40.4. The van der Waals surface area contributed by atoms with Gasteiger partial charge in [0.15, 0.2) is 5.41 Å². The van der Waals surface area contributed by atoms with Crippen LogP contribution in [0.2, 0.25) is 0 Å². The second-order valence-corrected chi connectivity index (χ2v) is 6.29. The van der Waals surface area contributed by atoms with Gasteiger partial charge in [0.05, 0.1) is 7.11 Å². The van der Waals surface area contributed by atoms with Crippen molar-refractivity contribution in [2.45, 2.75) is 12.3 Å². The lowest BCUT2D eigenvalue weighted by Crippen LogP contribution is -2.49. The van der Waals surface area contributed by atoms with Gasteiger partial charge >= 0.3 is 17.9 Å². The second kappa shape index (κ2) is 6.88. The van der Waals surface area contributed by atoms with Crippen LogP contribution in [0.4, 0.5) is 5.69 Å². The Hall–Kier alpha value is -3.55. The van der Waals surface area contributed by atoms with Gasteiger partial charge in [-0.3, -0.25) is 0 Å². The number of benzene rings is 1. The van der Waals surface area contributed by atoms with Crippen LogP contribution in [0.15, 0.2) is 59.6 Å². The van der Waals surface area contributed by atoms with E-state index in [1.807, 2.05) is 0 Å². The van der Waals surface area contributed by atoms with Gasteiger partial charge in [-0.15, -0.1) is 0 Å². The number of nitrogens with zero attached hydrogens (tertiary/aromatic N) is 1. The average molecular weight is 384 g/mol. The van der Waals surface area contributed by atoms with E-state index in [4.69, 9.17) is 19.9 Å². The minimum atomic E-state index is -1.89. The molecule has 0 radical (unpaired) electrons. The molecule has 2 heterocycles. The van der Waals surface area contributed by atoms with Crippen LogP contribution in [0, 0.1) is 0 Å². The summed E-state index contributed by atoms with van der Waals surface area (Å²) >= 11 is 0. The molecule has 8 nitrogen and oxygen atoms in total. The lowest BCUT2D eigenvalue weighted by Gasteiger charge is -2.39. The molecule has 0 amide bonds. The number of ether oxygens (including phenoxy) is 3. The van der Waals surface area contributed by atoms with Gasteiger partial charge in [0.2, 0.25) is 0 Å². The summed E-state index contributed by atoms with van der Waals surface area (Å²) in [5.74, 6) is -2.46. The Bertz CT molecular complexity index is 961. The van der Waals surface area contributed by atoms with Gasteiger partial charge < -0.3 is 24.8 Å². The van der Waals surface area contributed by atoms with Gasteiger partial charge in [-0.2, -0.15) is 0 Å². The minimum Gasteiger partial charge on any atom is -0.466 e. The molecule has 0 fully saturated rings. The summed E-state index contributed by atoms with van der Waals surface area (Å²) in [7, 11) is 2.82. The summed E-state index contributed by atoms with van der Waals surface area (Å²) < 4.78 is 15.4. The molecule has 0 aromatic heterocycles. The maximum Gasteiger partial charge on any atom is 0.339 e. The number of nitrogens with two attached hydrogens (primary N) is 1. The lowest BCUT2D eigenvalue weighted by atomic mass is 9.66. The van der Waals surface area contributed by atoms with E-state index in [1.165, 1.54) is 20.1 Å². The molecule has 8 heteroatoms. The summed E-state index contributed by atoms with van der Waals surface area (Å²) in [5.41, 5.74) is 4.98. The van der Waals surface area contributed by atoms with Crippen molar-refractivity contribution in [3.8, 4) is 0 Å². The highest BCUT2D eigenvalue weighted by atomic mass is 16.6. The Labute approximate surface area is 161 Å². The number of methoxy groups -OCH3 is 1. The predicted octanol–water partition coefficient (Wildman–Crippen LogP) is 1.28. The molecular weight excluding hydrogens is 364 g/mol. The molecule has 0 aliphatic carbocycles. The predicted molar refractivity (Wildman–Crippen MR) is 99.7 cm³/mol. The Balaban J connectivity index is 2.41. The number of cyclic esters (lactones) is 1. The molecule has 146 valence electrons. The molecule has 0 bridgehead atoms. The fourth-order valence-corrected chi connectivity index (χ4v) is 3.68. The van der Waals surface area contributed by atoms with Crippen molar-refractivity contribution < 1.29 is 28.6 Å². The number of esters is 3. The number of allylic oxidation sites excluding steroid dienone is 1. The molecule has 1 spiro atoms. The summed E-state index contributed by atoms with van der Waals surface area (Å²) in [5, 5.41) is 0. The van der Waals surface area contributed by atoms with E-state index in [0.29, 0.717) is 11.3 Å². The number of hydrogen-bond donors (Lipinski definition) is 1. The SMILES string of the molecule is C=CCOC(=O)C1=C(C)OC(=O)[C@]12C(C(=O)OC)=C(N)N(C)c1ccccc12. The minimum absolute atomic E-state index is 0.0220. The van der Waals surface area contributed by atoms with Crippen LogP contribution in [-0.4, -0.2) is 38.7 Å². The zero-order valence-electron chi connectivity index (χ0n) is 15.8. The summed E-state index contributed by atoms with van der Waals surface area (Å²) in [6.45, 7) is 4.90. The highest BCUT2D eigenvalue weighted by molar-refractivity contribution is 6.16. The molecule has 2 aliphatic heterocycles. The molecule has 1 aromatic carbocycles. The molecule has 0 saturated heterocycles. The fourth-order valence-electron chi connectivity index (χ4n) is 3.68. The van der Waals surface area contributed by atoms with E-state index in [-0.39, 0.29) is 29.3 Å². The van der Waals surface area contributed by atoms with Gasteiger partial charge in [0.25, 0.3) is 0 Å². The van der Waals surface area contributed by atoms with Crippen LogP contribution in [0.5, 0.6) is 0 Å². The quantitative estimate of drug-likeness (QED) is 0.470. The van der Waals surface area contributed by atoms with Gasteiger partial charge in [0.1, 0.15) is 29.3 Å². The standard InChI is InChI=1S/C20H20N2O6/c1-5-10-27-18(24)14-11(2)28-19(25)20(14)12-8-6-7-9-13(12)22(3)16(21)15(20)17(23)26-4/h5-9H,1,10,21H2,2-4H3/t20-/m0/s1. The first-order valence-corrected chi connectivity index (χ1v) is 8.45. The highest BCUT2D eigenvalue weighted by Gasteiger charge is 2.63. The van der Waals surface area contributed by atoms with Gasteiger partial charge in [-0.05, 0) is 13.0 Å². The van der Waals surface area contributed by atoms with E-state index in [9.17, 15) is 14.4 Å². The Morgan fingerprint density at radius 3 is 2.61 bits per heavy atom. The molecule has 1 aromatic rings. The number of rotatable bonds is 4. The summed E-state index contributed by atoms with van der Waals surface area (Å²) in [6, 6.07) is 6.82. The zero-order valence-corrected chi connectivity index (χ0v) is 15.8. The molecule has 3 rings (SSSR count). The zero-order chi connectivity index (χ0) is 20.6. The van der Waals surface area contributed by atoms with E-state index in [0.717, 1.165) is 0 Å². The average Bonchev–Trinajstić information content (AvgIpc) is 2.94. The molecule has 0 saturated carbocycles. The van der Waals surface area contributed by atoms with Crippen molar-refractivity contribution in [3.63, 3.8) is 0 Å². The number of carbonyl (C=O) groups is 3. The third kappa shape index (κ3) is 2.41. The molecular formula is C20H20N2O6. The fraction of sp³-hybridized carbons (Fsp3) is 0.250. The van der Waals surface area contributed by atoms with Gasteiger partial charge in [0, 0.05) is 18.3 Å². The van der Waals surface area contributed by atoms with Crippen LogP contribution in [0.25, 0.3) is 0 Å². The Morgan fingerprint density at radius 1 is 1.29 bits per heavy atom. The van der Waals surface area contributed by atoms with E-state index >= 15 is 0 Å². The number of anilines is 1. The van der Waals surface area contributed by atoms with E-state index < -0.39 is 23.3 Å². The third-order valence-electron chi connectivity index (χ3n) is 4.87. The first-order valence-electron chi connectivity index (χ1n) is 8.45. The van der Waals surface area contributed by atoms with Crippen molar-refractivity contribution in [1.82, 2.24) is 0 Å². The Morgan fingerprint density at radius 2 is 1.96 bits per heavy atom. The molecule has 1 atom stereocenters. The second-order valence-electron chi connectivity index (χ2n) is 6.29. The van der Waals surface area contributed by atoms with Crippen LogP contribution in [0.3, 0.4) is 0 Å². The van der Waals surface area contributed by atoms with Crippen LogP contribution in [-0.2, 0) is 34.0 Å². The van der Waals surface area contributed by atoms with Crippen LogP contribution < -0.4 is 10.6 Å². The monoisotopic (exact) mass is 384 g/mol. The number of hydrogen-bond acceptors (Lipinski definition) is 8. The maximum atomic E-state index is 13.2. The highest BCUT2D eigenvalue weighted by Crippen LogP contribution is 2.53. The number of para-hydroxylation sites is 1. The topological polar surface area (TPSA) is 108 Å². The lowest BCUT2D eigenvalue weighted by molar-refractivity contribution is -0.146. The molecule has 28 heavy (non-hydrogen) atoms. The largest absolute Gasteiger partial charge is 0.466 e. The molecule has 2 aliphatic rings. The van der Waals surface area contributed by atoms with Crippen LogP contribution >= 0.6 is 0 Å². The smallest absolute Gasteiger partial charge is 0.339 e. The van der Waals surface area contributed by atoms with E-state index in [1.54, 1.807) is 36.2 Å². The Kier molecular flexibility index (Phi) is 4.72. The maximum absolute atomic E-state index is 13.2. The van der Waals surface area contributed by atoms with Crippen molar-refractivity contribution in [2.75, 3.05) is 25.7 Å². The molecule has 0 unspecified atom stereocenters. The van der Waals surface area contributed by atoms with Crippen molar-refractivity contribution >= 4 is 23.6 Å². The number of carbonyl (C=O) groups excluding carboxylic acids is 3. The molecule has 2 N–H and O–H groups in total. The summed E-state index contributed by atoms with van der Waals surface area (Å²) in [6.07, 6.45) is 1.39. The van der Waals surface area contributed by atoms with Crippen molar-refractivity contribution in [1.29, 1.82) is 0 Å². The first kappa shape index (κ1) is 19.2. The van der Waals surface area contributed by atoms with Gasteiger partial charge in [-0.25, -0.2) is 14.4 Å². The first-order chi connectivity index (χ1) is 13.3.